The molecule has 0 atom stereocenters. The van der Waals surface area contributed by atoms with Crippen LogP contribution in [0, 0.1) is 10.1 Å². The monoisotopic (exact) mass is 293 g/mol. The lowest BCUT2D eigenvalue weighted by Gasteiger charge is -2.07. The van der Waals surface area contributed by atoms with Gasteiger partial charge in [-0.1, -0.05) is 17.7 Å². The van der Waals surface area contributed by atoms with Crippen LogP contribution in [0.15, 0.2) is 36.4 Å². The van der Waals surface area contributed by atoms with Crippen molar-refractivity contribution in [2.45, 2.75) is 6.61 Å². The summed E-state index contributed by atoms with van der Waals surface area (Å²) in [4.78, 5) is 14.7. The maximum atomic E-state index is 10.9. The molecule has 20 heavy (non-hydrogen) atoms. The van der Waals surface area contributed by atoms with Gasteiger partial charge in [-0.05, 0) is 24.3 Å². The van der Waals surface area contributed by atoms with Crippen molar-refractivity contribution in [1.29, 1.82) is 0 Å². The van der Waals surface area contributed by atoms with E-state index in [0.29, 0.717) is 16.5 Å². The number of pyridine rings is 1. The molecule has 0 aliphatic rings. The molecular formula is C13H12ClN3O3. The molecule has 0 aliphatic heterocycles. The van der Waals surface area contributed by atoms with Crippen LogP contribution in [0.25, 0.3) is 0 Å². The summed E-state index contributed by atoms with van der Waals surface area (Å²) in [5, 5.41) is 14.1. The minimum atomic E-state index is -0.529. The zero-order chi connectivity index (χ0) is 14.5. The summed E-state index contributed by atoms with van der Waals surface area (Å²) in [6, 6.07) is 9.70. The third-order valence-electron chi connectivity index (χ3n) is 2.56. The van der Waals surface area contributed by atoms with E-state index in [2.05, 4.69) is 10.3 Å². The minimum Gasteiger partial charge on any atom is -0.480 e. The Hall–Kier alpha value is -2.34. The Morgan fingerprint density at radius 3 is 2.90 bits per heavy atom. The first kappa shape index (κ1) is 14.1. The van der Waals surface area contributed by atoms with Gasteiger partial charge in [0.15, 0.2) is 5.75 Å². The van der Waals surface area contributed by atoms with Gasteiger partial charge < -0.3 is 10.1 Å². The molecule has 0 bridgehead atoms. The Morgan fingerprint density at radius 1 is 1.40 bits per heavy atom. The van der Waals surface area contributed by atoms with Gasteiger partial charge in [0.05, 0.1) is 10.6 Å². The van der Waals surface area contributed by atoms with Crippen LogP contribution in [0.2, 0.25) is 5.02 Å². The first-order valence-corrected chi connectivity index (χ1v) is 6.18. The third-order valence-corrected chi connectivity index (χ3v) is 2.79. The minimum absolute atomic E-state index is 0.137. The molecule has 0 unspecified atom stereocenters. The molecule has 0 saturated carbocycles. The van der Waals surface area contributed by atoms with Crippen molar-refractivity contribution in [1.82, 2.24) is 4.98 Å². The Balaban J connectivity index is 2.16. The number of rotatable bonds is 5. The summed E-state index contributed by atoms with van der Waals surface area (Å²) in [6.07, 6.45) is 0. The van der Waals surface area contributed by atoms with Crippen molar-refractivity contribution in [3.05, 3.63) is 57.2 Å². The van der Waals surface area contributed by atoms with Crippen LogP contribution in [0.4, 0.5) is 11.5 Å². The fraction of sp³-hybridized carbons (Fsp3) is 0.154. The number of aromatic nitrogens is 1. The van der Waals surface area contributed by atoms with E-state index in [0.717, 1.165) is 0 Å². The lowest BCUT2D eigenvalue weighted by Crippen LogP contribution is -2.02. The topological polar surface area (TPSA) is 77.3 Å². The average Bonchev–Trinajstić information content (AvgIpc) is 2.46. The van der Waals surface area contributed by atoms with Crippen LogP contribution in [-0.4, -0.2) is 17.0 Å². The number of nitrogens with zero attached hydrogens (tertiary/aromatic N) is 2. The maximum Gasteiger partial charge on any atom is 0.312 e. The molecule has 1 aromatic heterocycles. The zero-order valence-electron chi connectivity index (χ0n) is 10.7. The van der Waals surface area contributed by atoms with Gasteiger partial charge in [0, 0.05) is 18.1 Å². The van der Waals surface area contributed by atoms with Crippen molar-refractivity contribution < 1.29 is 9.66 Å². The van der Waals surface area contributed by atoms with Crippen LogP contribution >= 0.6 is 11.6 Å². The van der Waals surface area contributed by atoms with Crippen molar-refractivity contribution in [3.63, 3.8) is 0 Å². The number of anilines is 1. The van der Waals surface area contributed by atoms with E-state index in [9.17, 15) is 10.1 Å². The van der Waals surface area contributed by atoms with Gasteiger partial charge in [0.2, 0.25) is 0 Å². The van der Waals surface area contributed by atoms with Gasteiger partial charge in [-0.15, -0.1) is 0 Å². The lowest BCUT2D eigenvalue weighted by molar-refractivity contribution is -0.385. The van der Waals surface area contributed by atoms with Crippen LogP contribution in [0.1, 0.15) is 5.69 Å². The van der Waals surface area contributed by atoms with Gasteiger partial charge in [-0.2, -0.15) is 0 Å². The van der Waals surface area contributed by atoms with E-state index < -0.39 is 4.92 Å². The molecule has 0 fully saturated rings. The summed E-state index contributed by atoms with van der Waals surface area (Å²) in [5.41, 5.74) is 0.503. The van der Waals surface area contributed by atoms with Crippen molar-refractivity contribution in [3.8, 4) is 5.75 Å². The highest BCUT2D eigenvalue weighted by Crippen LogP contribution is 2.30. The van der Waals surface area contributed by atoms with Crippen molar-refractivity contribution in [2.24, 2.45) is 0 Å². The molecule has 6 nitrogen and oxygen atoms in total. The normalized spacial score (nSPS) is 10.1. The first-order valence-electron chi connectivity index (χ1n) is 5.80. The summed E-state index contributed by atoms with van der Waals surface area (Å²) >= 11 is 5.74. The Bertz CT molecular complexity index is 634. The Labute approximate surface area is 120 Å². The highest BCUT2D eigenvalue weighted by Gasteiger charge is 2.15. The number of nitrogens with one attached hydrogen (secondary N) is 1. The van der Waals surface area contributed by atoms with E-state index in [1.54, 1.807) is 19.2 Å². The van der Waals surface area contributed by atoms with E-state index in [-0.39, 0.29) is 18.0 Å². The fourth-order valence-electron chi connectivity index (χ4n) is 1.61. The smallest absolute Gasteiger partial charge is 0.312 e. The highest BCUT2D eigenvalue weighted by atomic mass is 35.5. The molecule has 2 rings (SSSR count). The number of nitro groups is 1. The Morgan fingerprint density at radius 2 is 2.20 bits per heavy atom. The van der Waals surface area contributed by atoms with E-state index in [4.69, 9.17) is 16.3 Å². The predicted molar refractivity (Wildman–Crippen MR) is 76.2 cm³/mol. The molecule has 0 aliphatic carbocycles. The molecule has 7 heteroatoms. The Kier molecular flexibility index (Phi) is 4.37. The predicted octanol–water partition coefficient (Wildman–Crippen LogP) is 3.26. The fourth-order valence-corrected chi connectivity index (χ4v) is 1.77. The number of ether oxygens (including phenoxy) is 1. The van der Waals surface area contributed by atoms with E-state index in [1.165, 1.54) is 12.1 Å². The molecule has 0 radical (unpaired) electrons. The SMILES string of the molecule is CNc1cccc(COc2ccc(Cl)cc2[N+](=O)[O-])n1. The highest BCUT2D eigenvalue weighted by molar-refractivity contribution is 6.30. The zero-order valence-corrected chi connectivity index (χ0v) is 11.4. The van der Waals surface area contributed by atoms with Crippen molar-refractivity contribution in [2.75, 3.05) is 12.4 Å². The molecule has 1 N–H and O–H groups in total. The van der Waals surface area contributed by atoms with Gasteiger partial charge in [0.1, 0.15) is 12.4 Å². The van der Waals surface area contributed by atoms with Crippen LogP contribution < -0.4 is 10.1 Å². The molecule has 0 amide bonds. The number of hydrogen-bond donors (Lipinski definition) is 1. The molecule has 0 saturated heterocycles. The lowest BCUT2D eigenvalue weighted by atomic mass is 10.3. The average molecular weight is 294 g/mol. The third kappa shape index (κ3) is 3.36. The largest absolute Gasteiger partial charge is 0.480 e. The molecule has 1 aromatic carbocycles. The summed E-state index contributed by atoms with van der Waals surface area (Å²) in [6.45, 7) is 0.137. The molecular weight excluding hydrogens is 282 g/mol. The summed E-state index contributed by atoms with van der Waals surface area (Å²) in [5.74, 6) is 0.868. The number of hydrogen-bond acceptors (Lipinski definition) is 5. The first-order chi connectivity index (χ1) is 9.60. The van der Waals surface area contributed by atoms with Gasteiger partial charge in [-0.25, -0.2) is 4.98 Å². The molecule has 0 spiro atoms. The number of halogens is 1. The van der Waals surface area contributed by atoms with Crippen LogP contribution in [-0.2, 0) is 6.61 Å². The number of nitro benzene ring substituents is 1. The van der Waals surface area contributed by atoms with E-state index in [1.807, 2.05) is 12.1 Å². The van der Waals surface area contributed by atoms with E-state index >= 15 is 0 Å². The number of benzene rings is 1. The molecule has 1 heterocycles. The second-order valence-corrected chi connectivity index (χ2v) is 4.36. The van der Waals surface area contributed by atoms with Crippen LogP contribution in [0.3, 0.4) is 0 Å². The molecule has 2 aromatic rings. The van der Waals surface area contributed by atoms with Gasteiger partial charge in [-0.3, -0.25) is 10.1 Å². The summed E-state index contributed by atoms with van der Waals surface area (Å²) in [7, 11) is 1.76. The van der Waals surface area contributed by atoms with Crippen LogP contribution in [0.5, 0.6) is 5.75 Å². The second-order valence-electron chi connectivity index (χ2n) is 3.92. The second kappa shape index (κ2) is 6.21. The molecule has 104 valence electrons. The van der Waals surface area contributed by atoms with Gasteiger partial charge >= 0.3 is 5.69 Å². The maximum absolute atomic E-state index is 10.9. The van der Waals surface area contributed by atoms with Gasteiger partial charge in [0.25, 0.3) is 0 Å². The standard InChI is InChI=1S/C13H12ClN3O3/c1-15-13-4-2-3-10(16-13)8-20-12-6-5-9(14)7-11(12)17(18)19/h2-7H,8H2,1H3,(H,15,16). The quantitative estimate of drug-likeness (QED) is 0.676. The van der Waals surface area contributed by atoms with Crippen molar-refractivity contribution >= 4 is 23.1 Å². The summed E-state index contributed by atoms with van der Waals surface area (Å²) < 4.78 is 5.45.